The zero-order valence-electron chi connectivity index (χ0n) is 14.8. The molecule has 0 aliphatic heterocycles. The fraction of sp³-hybridized carbons (Fsp3) is 1.00. The van der Waals surface area contributed by atoms with E-state index in [1.807, 2.05) is 0 Å². The lowest BCUT2D eigenvalue weighted by Gasteiger charge is -2.11. The van der Waals surface area contributed by atoms with Crippen LogP contribution in [0.2, 0.25) is 5.54 Å². The van der Waals surface area contributed by atoms with Gasteiger partial charge >= 0.3 is 9.08 Å². The lowest BCUT2D eigenvalue weighted by atomic mass is 10.0. The molecule has 0 bridgehead atoms. The zero-order chi connectivity index (χ0) is 16.7. The summed E-state index contributed by atoms with van der Waals surface area (Å²) in [6.45, 7) is 3.60. The van der Waals surface area contributed by atoms with Crippen molar-refractivity contribution in [2.75, 3.05) is 0 Å². The molecule has 22 heavy (non-hydrogen) atoms. The Labute approximate surface area is 137 Å². The van der Waals surface area contributed by atoms with Crippen LogP contribution in [-0.2, 0) is 0 Å². The molecule has 0 saturated heterocycles. The Hall–Kier alpha value is 0.00688. The smallest absolute Gasteiger partial charge is 0.237 e. The molecule has 0 aromatic heterocycles. The van der Waals surface area contributed by atoms with Crippen molar-refractivity contribution in [2.24, 2.45) is 0 Å². The van der Waals surface area contributed by atoms with Crippen LogP contribution in [0.1, 0.15) is 110 Å². The van der Waals surface area contributed by atoms with Crippen molar-refractivity contribution in [3.05, 3.63) is 0 Å². The summed E-state index contributed by atoms with van der Waals surface area (Å²) >= 11 is 0. The second-order valence-corrected chi connectivity index (χ2v) is 8.90. The van der Waals surface area contributed by atoms with E-state index < -0.39 is 14.6 Å². The monoisotopic (exact) mass is 338 g/mol. The van der Waals surface area contributed by atoms with Gasteiger partial charge in [-0.2, -0.15) is 0 Å². The van der Waals surface area contributed by atoms with Crippen molar-refractivity contribution < 1.29 is 12.3 Å². The lowest BCUT2D eigenvalue weighted by molar-refractivity contribution is 0.423. The highest BCUT2D eigenvalue weighted by Gasteiger charge is 2.43. The van der Waals surface area contributed by atoms with Crippen LogP contribution in [0.15, 0.2) is 0 Å². The summed E-state index contributed by atoms with van der Waals surface area (Å²) in [5.74, 6) is 0. The van der Waals surface area contributed by atoms with E-state index in [1.165, 1.54) is 77.6 Å². The molecule has 0 saturated carbocycles. The van der Waals surface area contributed by atoms with Crippen molar-refractivity contribution in [1.29, 1.82) is 0 Å². The summed E-state index contributed by atoms with van der Waals surface area (Å²) < 4.78 is 37.4. The van der Waals surface area contributed by atoms with Crippen LogP contribution in [0.25, 0.3) is 0 Å². The minimum atomic E-state index is -5.37. The van der Waals surface area contributed by atoms with Gasteiger partial charge in [-0.25, -0.2) is 12.3 Å². The minimum Gasteiger partial charge on any atom is -0.237 e. The van der Waals surface area contributed by atoms with Gasteiger partial charge in [-0.05, 0) is 6.42 Å². The van der Waals surface area contributed by atoms with Crippen LogP contribution in [0, 0.1) is 0 Å². The quantitative estimate of drug-likeness (QED) is 0.151. The van der Waals surface area contributed by atoms with E-state index in [0.717, 1.165) is 19.3 Å². The number of hydrogen-bond acceptors (Lipinski definition) is 0. The predicted molar refractivity (Wildman–Crippen MR) is 93.4 cm³/mol. The molecule has 0 rings (SSSR count). The Morgan fingerprint density at radius 1 is 0.591 bits per heavy atom. The van der Waals surface area contributed by atoms with E-state index in [0.29, 0.717) is 6.42 Å². The zero-order valence-corrected chi connectivity index (χ0v) is 15.8. The first-order valence-corrected chi connectivity index (χ1v) is 11.3. The normalized spacial score (nSPS) is 13.5. The fourth-order valence-corrected chi connectivity index (χ4v) is 3.34. The minimum absolute atomic E-state index is 0.355. The lowest BCUT2D eigenvalue weighted by Crippen LogP contribution is -2.21. The molecule has 0 spiro atoms. The maximum absolute atomic E-state index is 12.5. The van der Waals surface area contributed by atoms with Crippen molar-refractivity contribution in [3.8, 4) is 0 Å². The molecular formula is C18H37F3Si. The largest absolute Gasteiger partial charge is 0.619 e. The van der Waals surface area contributed by atoms with Crippen LogP contribution in [0.5, 0.6) is 0 Å². The molecule has 0 N–H and O–H groups in total. The standard InChI is InChI=1S/C18H37F3Si/c1-3-4-5-6-7-8-9-10-11-12-13-14-15-16-17-18(2)22(19,20)21/h18H,3-17H2,1-2H3. The Kier molecular flexibility index (Phi) is 14.6. The van der Waals surface area contributed by atoms with E-state index in [9.17, 15) is 12.3 Å². The van der Waals surface area contributed by atoms with E-state index in [-0.39, 0.29) is 0 Å². The Morgan fingerprint density at radius 2 is 0.909 bits per heavy atom. The van der Waals surface area contributed by atoms with Gasteiger partial charge in [-0.15, -0.1) is 0 Å². The molecule has 0 fully saturated rings. The molecular weight excluding hydrogens is 301 g/mol. The first kappa shape index (κ1) is 22.0. The van der Waals surface area contributed by atoms with Crippen LogP contribution >= 0.6 is 0 Å². The van der Waals surface area contributed by atoms with Crippen LogP contribution < -0.4 is 0 Å². The summed E-state index contributed by atoms with van der Waals surface area (Å²) in [4.78, 5) is 0. The van der Waals surface area contributed by atoms with Gasteiger partial charge in [-0.3, -0.25) is 0 Å². The summed E-state index contributed by atoms with van der Waals surface area (Å²) in [7, 11) is -5.37. The van der Waals surface area contributed by atoms with Crippen molar-refractivity contribution in [2.45, 2.75) is 116 Å². The van der Waals surface area contributed by atoms with Crippen molar-refractivity contribution in [3.63, 3.8) is 0 Å². The number of unbranched alkanes of at least 4 members (excludes halogenated alkanes) is 13. The molecule has 0 radical (unpaired) electrons. The summed E-state index contributed by atoms with van der Waals surface area (Å²) in [5.41, 5.74) is -0.996. The Bertz CT molecular complexity index is 229. The predicted octanol–water partition coefficient (Wildman–Crippen LogP) is 8.10. The van der Waals surface area contributed by atoms with Crippen LogP contribution in [0.4, 0.5) is 12.3 Å². The second kappa shape index (κ2) is 14.6. The number of rotatable bonds is 16. The van der Waals surface area contributed by atoms with Gasteiger partial charge in [0.2, 0.25) is 0 Å². The number of hydrogen-bond donors (Lipinski definition) is 0. The van der Waals surface area contributed by atoms with Crippen LogP contribution in [0.3, 0.4) is 0 Å². The number of halogens is 3. The molecule has 0 aliphatic rings. The first-order valence-electron chi connectivity index (χ1n) is 9.55. The highest BCUT2D eigenvalue weighted by atomic mass is 28.5. The molecule has 0 amide bonds. The first-order chi connectivity index (χ1) is 10.5. The van der Waals surface area contributed by atoms with Gasteiger partial charge in [-0.1, -0.05) is 104 Å². The van der Waals surface area contributed by atoms with Gasteiger partial charge in [0.1, 0.15) is 0 Å². The SMILES string of the molecule is CCCCCCCCCCCCCCCCC(C)[Si](F)(F)F. The molecule has 4 heteroatoms. The highest BCUT2D eigenvalue weighted by molar-refractivity contribution is 6.60. The maximum atomic E-state index is 12.5. The van der Waals surface area contributed by atoms with Gasteiger partial charge in [0.05, 0.1) is 0 Å². The molecule has 1 atom stereocenters. The molecule has 0 aromatic carbocycles. The van der Waals surface area contributed by atoms with Gasteiger partial charge in [0.25, 0.3) is 0 Å². The fourth-order valence-electron chi connectivity index (χ4n) is 2.81. The molecule has 134 valence electrons. The van der Waals surface area contributed by atoms with Crippen LogP contribution in [-0.4, -0.2) is 9.08 Å². The Balaban J connectivity index is 3.12. The summed E-state index contributed by atoms with van der Waals surface area (Å²) in [6.07, 6.45) is 17.9. The molecule has 0 aliphatic carbocycles. The summed E-state index contributed by atoms with van der Waals surface area (Å²) in [6, 6.07) is 0. The average molecular weight is 339 g/mol. The van der Waals surface area contributed by atoms with E-state index >= 15 is 0 Å². The Morgan fingerprint density at radius 3 is 1.23 bits per heavy atom. The van der Waals surface area contributed by atoms with Crippen molar-refractivity contribution in [1.82, 2.24) is 0 Å². The second-order valence-electron chi connectivity index (χ2n) is 6.83. The topological polar surface area (TPSA) is 0 Å². The van der Waals surface area contributed by atoms with Crippen molar-refractivity contribution >= 4 is 9.08 Å². The molecule has 0 heterocycles. The molecule has 1 unspecified atom stereocenters. The van der Waals surface area contributed by atoms with Gasteiger partial charge in [0.15, 0.2) is 0 Å². The average Bonchev–Trinajstić information content (AvgIpc) is 2.46. The third-order valence-corrected chi connectivity index (χ3v) is 5.96. The highest BCUT2D eigenvalue weighted by Crippen LogP contribution is 2.30. The maximum Gasteiger partial charge on any atom is 0.619 e. The molecule has 0 nitrogen and oxygen atoms in total. The van der Waals surface area contributed by atoms with E-state index in [4.69, 9.17) is 0 Å². The summed E-state index contributed by atoms with van der Waals surface area (Å²) in [5, 5.41) is 0. The van der Waals surface area contributed by atoms with E-state index in [1.54, 1.807) is 0 Å². The molecule has 0 aromatic rings. The third kappa shape index (κ3) is 14.9. The van der Waals surface area contributed by atoms with Gasteiger partial charge in [0, 0.05) is 5.54 Å². The van der Waals surface area contributed by atoms with Gasteiger partial charge < -0.3 is 0 Å². The third-order valence-electron chi connectivity index (χ3n) is 4.55. The van der Waals surface area contributed by atoms with E-state index in [2.05, 4.69) is 6.92 Å².